The maximum atomic E-state index is 12.0. The van der Waals surface area contributed by atoms with Gasteiger partial charge in [0, 0.05) is 36.9 Å². The van der Waals surface area contributed by atoms with Crippen LogP contribution in [0.15, 0.2) is 6.07 Å². The van der Waals surface area contributed by atoms with Crippen molar-refractivity contribution in [2.24, 2.45) is 5.92 Å². The number of aryl methyl sites for hydroxylation is 2. The highest BCUT2D eigenvalue weighted by Gasteiger charge is 2.38. The minimum absolute atomic E-state index is 0.131. The summed E-state index contributed by atoms with van der Waals surface area (Å²) in [6.07, 6.45) is 4.62. The first-order valence-electron chi connectivity index (χ1n) is 7.92. The highest BCUT2D eigenvalue weighted by atomic mass is 16.2. The minimum Gasteiger partial charge on any atom is -0.355 e. The van der Waals surface area contributed by atoms with E-state index in [1.165, 1.54) is 19.3 Å². The number of aromatic nitrogens is 2. The monoisotopic (exact) mass is 288 g/mol. The van der Waals surface area contributed by atoms with Gasteiger partial charge in [-0.15, -0.1) is 0 Å². The third-order valence-corrected chi connectivity index (χ3v) is 4.57. The Hall–Kier alpha value is -1.49. The van der Waals surface area contributed by atoms with E-state index in [9.17, 15) is 4.79 Å². The van der Waals surface area contributed by atoms with Crippen LogP contribution in [0.4, 0.5) is 0 Å². The van der Waals surface area contributed by atoms with E-state index in [1.54, 1.807) is 0 Å². The fourth-order valence-electron chi connectivity index (χ4n) is 3.69. The Labute approximate surface area is 126 Å². The number of carbonyl (C=O) groups is 1. The van der Waals surface area contributed by atoms with Crippen molar-refractivity contribution in [3.8, 4) is 0 Å². The molecule has 0 spiro atoms. The van der Waals surface area contributed by atoms with Gasteiger partial charge in [-0.2, -0.15) is 0 Å². The van der Waals surface area contributed by atoms with Gasteiger partial charge in [0.1, 0.15) is 5.82 Å². The molecule has 1 N–H and O–H groups in total. The predicted octanol–water partition coefficient (Wildman–Crippen LogP) is 1.24. The molecule has 5 nitrogen and oxygen atoms in total. The lowest BCUT2D eigenvalue weighted by Gasteiger charge is -2.25. The van der Waals surface area contributed by atoms with E-state index in [0.29, 0.717) is 25.6 Å². The van der Waals surface area contributed by atoms with Crippen LogP contribution >= 0.6 is 0 Å². The molecule has 0 aromatic carbocycles. The van der Waals surface area contributed by atoms with Crippen molar-refractivity contribution in [3.05, 3.63) is 23.3 Å². The number of nitrogens with zero attached hydrogens (tertiary/aromatic N) is 3. The van der Waals surface area contributed by atoms with Crippen molar-refractivity contribution >= 4 is 5.91 Å². The van der Waals surface area contributed by atoms with Gasteiger partial charge in [-0.1, -0.05) is 0 Å². The zero-order valence-corrected chi connectivity index (χ0v) is 12.9. The molecular weight excluding hydrogens is 264 g/mol. The number of hydrogen-bond acceptors (Lipinski definition) is 4. The lowest BCUT2D eigenvalue weighted by molar-refractivity contribution is -0.122. The fourth-order valence-corrected chi connectivity index (χ4v) is 3.69. The predicted molar refractivity (Wildman–Crippen MR) is 80.9 cm³/mol. The zero-order valence-electron chi connectivity index (χ0n) is 12.9. The average molecular weight is 288 g/mol. The van der Waals surface area contributed by atoms with E-state index in [2.05, 4.69) is 20.2 Å². The number of rotatable bonds is 5. The number of piperidine rings is 1. The van der Waals surface area contributed by atoms with Crippen molar-refractivity contribution in [2.75, 3.05) is 19.6 Å². The second kappa shape index (κ2) is 6.10. The van der Waals surface area contributed by atoms with Crippen LogP contribution in [0.25, 0.3) is 0 Å². The summed E-state index contributed by atoms with van der Waals surface area (Å²) in [4.78, 5) is 23.1. The second-order valence-electron chi connectivity index (χ2n) is 6.43. The SMILES string of the molecule is Cc1cc(C)nc(CCNC(=O)CN2C[C@@H]3CC[C@H]2C3)n1. The summed E-state index contributed by atoms with van der Waals surface area (Å²) >= 11 is 0. The van der Waals surface area contributed by atoms with E-state index in [-0.39, 0.29) is 5.91 Å². The molecule has 5 heteroatoms. The summed E-state index contributed by atoms with van der Waals surface area (Å²) in [5, 5.41) is 3.00. The number of fused-ring (bicyclic) bond motifs is 2. The van der Waals surface area contributed by atoms with Crippen LogP contribution < -0.4 is 5.32 Å². The molecule has 1 aromatic heterocycles. The van der Waals surface area contributed by atoms with Gasteiger partial charge < -0.3 is 5.32 Å². The Morgan fingerprint density at radius 3 is 2.71 bits per heavy atom. The highest BCUT2D eigenvalue weighted by Crippen LogP contribution is 2.36. The Balaban J connectivity index is 1.41. The van der Waals surface area contributed by atoms with Gasteiger partial charge in [0.2, 0.25) is 5.91 Å². The van der Waals surface area contributed by atoms with Gasteiger partial charge in [0.15, 0.2) is 0 Å². The largest absolute Gasteiger partial charge is 0.355 e. The molecule has 2 aliphatic rings. The van der Waals surface area contributed by atoms with Crippen LogP contribution in [-0.2, 0) is 11.2 Å². The Morgan fingerprint density at radius 2 is 2.10 bits per heavy atom. The van der Waals surface area contributed by atoms with Crippen molar-refractivity contribution in [2.45, 2.75) is 45.6 Å². The van der Waals surface area contributed by atoms with E-state index < -0.39 is 0 Å². The highest BCUT2D eigenvalue weighted by molar-refractivity contribution is 5.78. The van der Waals surface area contributed by atoms with Gasteiger partial charge in [-0.05, 0) is 45.1 Å². The molecule has 21 heavy (non-hydrogen) atoms. The molecule has 114 valence electrons. The summed E-state index contributed by atoms with van der Waals surface area (Å²) in [5.74, 6) is 1.78. The number of amides is 1. The topological polar surface area (TPSA) is 58.1 Å². The number of hydrogen-bond donors (Lipinski definition) is 1. The molecule has 3 rings (SSSR count). The molecule has 1 saturated heterocycles. The summed E-state index contributed by atoms with van der Waals surface area (Å²) in [6.45, 7) is 6.22. The summed E-state index contributed by atoms with van der Waals surface area (Å²) in [5.41, 5.74) is 1.97. The second-order valence-corrected chi connectivity index (χ2v) is 6.43. The molecule has 0 unspecified atom stereocenters. The van der Waals surface area contributed by atoms with E-state index in [4.69, 9.17) is 0 Å². The number of carbonyl (C=O) groups excluding carboxylic acids is 1. The van der Waals surface area contributed by atoms with Crippen molar-refractivity contribution in [1.82, 2.24) is 20.2 Å². The van der Waals surface area contributed by atoms with Crippen molar-refractivity contribution in [1.29, 1.82) is 0 Å². The first-order chi connectivity index (χ1) is 10.1. The third-order valence-electron chi connectivity index (χ3n) is 4.57. The van der Waals surface area contributed by atoms with Gasteiger partial charge in [-0.3, -0.25) is 9.69 Å². The first-order valence-corrected chi connectivity index (χ1v) is 7.92. The smallest absolute Gasteiger partial charge is 0.234 e. The van der Waals surface area contributed by atoms with Crippen LogP contribution in [0.3, 0.4) is 0 Å². The number of nitrogens with one attached hydrogen (secondary N) is 1. The summed E-state index contributed by atoms with van der Waals surface area (Å²) in [6, 6.07) is 2.62. The van der Waals surface area contributed by atoms with E-state index in [0.717, 1.165) is 29.7 Å². The summed E-state index contributed by atoms with van der Waals surface area (Å²) < 4.78 is 0. The molecule has 1 aliphatic heterocycles. The Kier molecular flexibility index (Phi) is 4.19. The lowest BCUT2D eigenvalue weighted by Crippen LogP contribution is -2.41. The molecule has 2 atom stereocenters. The average Bonchev–Trinajstić information content (AvgIpc) is 2.99. The van der Waals surface area contributed by atoms with E-state index >= 15 is 0 Å². The van der Waals surface area contributed by atoms with Crippen LogP contribution in [0.2, 0.25) is 0 Å². The van der Waals surface area contributed by atoms with Gasteiger partial charge in [-0.25, -0.2) is 9.97 Å². The molecule has 1 saturated carbocycles. The molecule has 0 radical (unpaired) electrons. The van der Waals surface area contributed by atoms with Gasteiger partial charge in [0.25, 0.3) is 0 Å². The Bertz CT molecular complexity index is 511. The minimum atomic E-state index is 0.131. The van der Waals surface area contributed by atoms with Crippen LogP contribution in [-0.4, -0.2) is 46.5 Å². The van der Waals surface area contributed by atoms with E-state index in [1.807, 2.05) is 19.9 Å². The summed E-state index contributed by atoms with van der Waals surface area (Å²) in [7, 11) is 0. The third kappa shape index (κ3) is 3.59. The quantitative estimate of drug-likeness (QED) is 0.885. The first kappa shape index (κ1) is 14.4. The maximum Gasteiger partial charge on any atom is 0.234 e. The van der Waals surface area contributed by atoms with Crippen LogP contribution in [0.5, 0.6) is 0 Å². The number of likely N-dealkylation sites (tertiary alicyclic amines) is 1. The molecule has 2 fully saturated rings. The molecule has 2 heterocycles. The van der Waals surface area contributed by atoms with Crippen LogP contribution in [0, 0.1) is 19.8 Å². The maximum absolute atomic E-state index is 12.0. The zero-order chi connectivity index (χ0) is 14.8. The normalized spacial score (nSPS) is 24.5. The van der Waals surface area contributed by atoms with Crippen molar-refractivity contribution < 1.29 is 4.79 Å². The molecular formula is C16H24N4O. The Morgan fingerprint density at radius 1 is 1.33 bits per heavy atom. The van der Waals surface area contributed by atoms with Gasteiger partial charge in [0.05, 0.1) is 6.54 Å². The molecule has 1 aromatic rings. The standard InChI is InChI=1S/C16H24N4O/c1-11-7-12(2)19-15(18-11)5-6-17-16(21)10-20-9-13-3-4-14(20)8-13/h7,13-14H,3-6,8-10H2,1-2H3,(H,17,21)/t13-,14+/m1/s1. The van der Waals surface area contributed by atoms with Crippen LogP contribution in [0.1, 0.15) is 36.5 Å². The fraction of sp³-hybridized carbons (Fsp3) is 0.688. The van der Waals surface area contributed by atoms with Crippen molar-refractivity contribution in [3.63, 3.8) is 0 Å². The lowest BCUT2D eigenvalue weighted by atomic mass is 10.1. The molecule has 1 aliphatic carbocycles. The molecule has 1 amide bonds. The molecule has 2 bridgehead atoms. The van der Waals surface area contributed by atoms with Gasteiger partial charge >= 0.3 is 0 Å².